The average Bonchev–Trinajstić information content (AvgIpc) is 1.97. The van der Waals surface area contributed by atoms with Gasteiger partial charge >= 0.3 is 5.97 Å². The molecule has 0 aromatic carbocycles. The third-order valence-electron chi connectivity index (χ3n) is 1.60. The lowest BCUT2D eigenvalue weighted by molar-refractivity contribution is -0.143. The maximum Gasteiger partial charge on any atom is 0.313 e. The Morgan fingerprint density at radius 2 is 2.18 bits per heavy atom. The van der Waals surface area contributed by atoms with E-state index in [0.29, 0.717) is 12.7 Å². The van der Waals surface area contributed by atoms with Crippen LogP contribution in [0.15, 0.2) is 0 Å². The number of rotatable bonds is 6. The number of carboxylic acid groups (broad SMARTS) is 1. The first-order valence-electron chi connectivity index (χ1n) is 3.90. The summed E-state index contributed by atoms with van der Waals surface area (Å²) in [4.78, 5) is 20.5. The molecule has 3 heteroatoms. The van der Waals surface area contributed by atoms with E-state index in [1.165, 1.54) is 0 Å². The summed E-state index contributed by atoms with van der Waals surface area (Å²) in [5.74, 6) is -1.79. The molecule has 0 aromatic heterocycles. The number of aliphatic carboxylic acids is 1. The van der Waals surface area contributed by atoms with E-state index in [1.807, 2.05) is 6.92 Å². The van der Waals surface area contributed by atoms with E-state index in [4.69, 9.17) is 5.11 Å². The smallest absolute Gasteiger partial charge is 0.313 e. The molecule has 3 nitrogen and oxygen atoms in total. The first kappa shape index (κ1) is 10.1. The second-order valence-corrected chi connectivity index (χ2v) is 2.58. The highest BCUT2D eigenvalue weighted by Crippen LogP contribution is 2.07. The third-order valence-corrected chi connectivity index (χ3v) is 1.60. The van der Waals surface area contributed by atoms with Crippen molar-refractivity contribution in [2.24, 2.45) is 5.92 Å². The van der Waals surface area contributed by atoms with E-state index in [1.54, 1.807) is 0 Å². The van der Waals surface area contributed by atoms with Gasteiger partial charge in [-0.2, -0.15) is 0 Å². The Hall–Kier alpha value is -0.860. The highest BCUT2D eigenvalue weighted by molar-refractivity contribution is 5.86. The Morgan fingerprint density at radius 1 is 1.55 bits per heavy atom. The van der Waals surface area contributed by atoms with Crippen LogP contribution in [0.4, 0.5) is 0 Å². The monoisotopic (exact) mass is 158 g/mol. The molecule has 0 amide bonds. The second kappa shape index (κ2) is 5.89. The van der Waals surface area contributed by atoms with Gasteiger partial charge in [-0.1, -0.05) is 26.2 Å². The quantitative estimate of drug-likeness (QED) is 0.362. The topological polar surface area (TPSA) is 54.4 Å². The van der Waals surface area contributed by atoms with Crippen LogP contribution in [0.1, 0.15) is 32.6 Å². The molecular weight excluding hydrogens is 144 g/mol. The Kier molecular flexibility index (Phi) is 5.43. The van der Waals surface area contributed by atoms with Crippen LogP contribution in [0.3, 0.4) is 0 Å². The zero-order valence-electron chi connectivity index (χ0n) is 6.75. The Morgan fingerprint density at radius 3 is 2.55 bits per heavy atom. The minimum atomic E-state index is -1.00. The molecule has 0 aliphatic heterocycles. The third kappa shape index (κ3) is 4.53. The largest absolute Gasteiger partial charge is 0.481 e. The molecule has 0 bridgehead atoms. The first-order valence-corrected chi connectivity index (χ1v) is 3.90. The number of carbonyl (C=O) groups is 2. The van der Waals surface area contributed by atoms with Crippen molar-refractivity contribution >= 4 is 12.3 Å². The molecule has 0 aromatic rings. The van der Waals surface area contributed by atoms with Crippen LogP contribution in [-0.2, 0) is 9.59 Å². The predicted molar refractivity (Wildman–Crippen MR) is 41.3 cm³/mol. The van der Waals surface area contributed by atoms with Gasteiger partial charge in [0.1, 0.15) is 12.2 Å². The summed E-state index contributed by atoms with van der Waals surface area (Å²) in [6.45, 7) is 2.04. The second-order valence-electron chi connectivity index (χ2n) is 2.58. The molecule has 0 spiro atoms. The number of unbranched alkanes of at least 4 members (excludes halogenated alkanes) is 2. The highest BCUT2D eigenvalue weighted by Gasteiger charge is 2.14. The summed E-state index contributed by atoms with van der Waals surface area (Å²) in [5, 5.41) is 8.44. The van der Waals surface area contributed by atoms with Crippen LogP contribution in [0.5, 0.6) is 0 Å². The fourth-order valence-corrected chi connectivity index (χ4v) is 0.864. The molecular formula is C8H14O3. The van der Waals surface area contributed by atoms with Crippen molar-refractivity contribution in [1.82, 2.24) is 0 Å². The van der Waals surface area contributed by atoms with Crippen LogP contribution in [0.2, 0.25) is 0 Å². The summed E-state index contributed by atoms with van der Waals surface area (Å²) in [5.41, 5.74) is 0. The van der Waals surface area contributed by atoms with Crippen LogP contribution in [0, 0.1) is 5.92 Å². The molecule has 0 aliphatic carbocycles. The molecule has 11 heavy (non-hydrogen) atoms. The Bertz CT molecular complexity index is 131. The molecule has 0 saturated carbocycles. The minimum absolute atomic E-state index is 0.479. The van der Waals surface area contributed by atoms with Crippen LogP contribution in [-0.4, -0.2) is 17.4 Å². The molecule has 0 fully saturated rings. The van der Waals surface area contributed by atoms with Gasteiger partial charge in [0, 0.05) is 0 Å². The Labute approximate surface area is 66.4 Å². The van der Waals surface area contributed by atoms with E-state index < -0.39 is 11.9 Å². The van der Waals surface area contributed by atoms with Gasteiger partial charge in [0.15, 0.2) is 0 Å². The van der Waals surface area contributed by atoms with E-state index in [0.717, 1.165) is 19.3 Å². The van der Waals surface area contributed by atoms with E-state index in [9.17, 15) is 9.59 Å². The predicted octanol–water partition coefficient (Wildman–Crippen LogP) is 1.47. The molecule has 0 rings (SSSR count). The number of hydrogen-bond acceptors (Lipinski definition) is 2. The van der Waals surface area contributed by atoms with Gasteiger partial charge in [-0.25, -0.2) is 0 Å². The molecule has 0 radical (unpaired) electrons. The van der Waals surface area contributed by atoms with Gasteiger partial charge in [-0.3, -0.25) is 4.79 Å². The lowest BCUT2D eigenvalue weighted by Crippen LogP contribution is -2.14. The zero-order chi connectivity index (χ0) is 8.69. The lowest BCUT2D eigenvalue weighted by Gasteiger charge is -2.02. The van der Waals surface area contributed by atoms with Gasteiger partial charge in [-0.05, 0) is 6.42 Å². The number of aldehydes is 1. The molecule has 1 atom stereocenters. The van der Waals surface area contributed by atoms with Crippen LogP contribution >= 0.6 is 0 Å². The van der Waals surface area contributed by atoms with Gasteiger partial charge in [0.25, 0.3) is 0 Å². The summed E-state index contributed by atoms with van der Waals surface area (Å²) in [7, 11) is 0. The summed E-state index contributed by atoms with van der Waals surface area (Å²) in [6, 6.07) is 0. The van der Waals surface area contributed by atoms with Gasteiger partial charge in [0.2, 0.25) is 0 Å². The van der Waals surface area contributed by atoms with Crippen molar-refractivity contribution < 1.29 is 14.7 Å². The number of carbonyl (C=O) groups excluding carboxylic acids is 1. The fourth-order valence-electron chi connectivity index (χ4n) is 0.864. The van der Waals surface area contributed by atoms with E-state index in [2.05, 4.69) is 0 Å². The van der Waals surface area contributed by atoms with Crippen molar-refractivity contribution in [2.75, 3.05) is 0 Å². The molecule has 0 heterocycles. The zero-order valence-corrected chi connectivity index (χ0v) is 6.75. The van der Waals surface area contributed by atoms with Gasteiger partial charge < -0.3 is 9.90 Å². The maximum atomic E-state index is 10.3. The van der Waals surface area contributed by atoms with Crippen LogP contribution in [0.25, 0.3) is 0 Å². The van der Waals surface area contributed by atoms with Crippen molar-refractivity contribution in [2.45, 2.75) is 32.6 Å². The summed E-state index contributed by atoms with van der Waals surface area (Å²) < 4.78 is 0. The van der Waals surface area contributed by atoms with Crippen molar-refractivity contribution in [3.8, 4) is 0 Å². The summed E-state index contributed by atoms with van der Waals surface area (Å²) in [6.07, 6.45) is 3.86. The van der Waals surface area contributed by atoms with Crippen molar-refractivity contribution in [3.63, 3.8) is 0 Å². The molecule has 0 unspecified atom stereocenters. The Balaban J connectivity index is 3.52. The SMILES string of the molecule is CCCCC[C@@H](C=O)C(=O)O. The minimum Gasteiger partial charge on any atom is -0.481 e. The van der Waals surface area contributed by atoms with Crippen molar-refractivity contribution in [3.05, 3.63) is 0 Å². The lowest BCUT2D eigenvalue weighted by atomic mass is 10.0. The fraction of sp³-hybridized carbons (Fsp3) is 0.750. The normalized spacial score (nSPS) is 12.5. The number of hydrogen-bond donors (Lipinski definition) is 1. The molecule has 0 saturated heterocycles. The standard InChI is InChI=1S/C8H14O3/c1-2-3-4-5-7(6-9)8(10)11/h6-7H,2-5H2,1H3,(H,10,11)/t7-/m0/s1. The number of carboxylic acids is 1. The molecule has 0 aliphatic rings. The van der Waals surface area contributed by atoms with Crippen LogP contribution < -0.4 is 0 Å². The summed E-state index contributed by atoms with van der Waals surface area (Å²) >= 11 is 0. The maximum absolute atomic E-state index is 10.3. The highest BCUT2D eigenvalue weighted by atomic mass is 16.4. The first-order chi connectivity index (χ1) is 5.22. The molecule has 64 valence electrons. The van der Waals surface area contributed by atoms with E-state index >= 15 is 0 Å². The van der Waals surface area contributed by atoms with Crippen molar-refractivity contribution in [1.29, 1.82) is 0 Å². The van der Waals surface area contributed by atoms with Gasteiger partial charge in [-0.15, -0.1) is 0 Å². The van der Waals surface area contributed by atoms with Gasteiger partial charge in [0.05, 0.1) is 0 Å². The molecule has 1 N–H and O–H groups in total. The average molecular weight is 158 g/mol. The van der Waals surface area contributed by atoms with E-state index in [-0.39, 0.29) is 0 Å².